The number of benzene rings is 3. The van der Waals surface area contributed by atoms with Crippen LogP contribution in [0.1, 0.15) is 51.6 Å². The molecule has 1 aromatic heterocycles. The summed E-state index contributed by atoms with van der Waals surface area (Å²) in [7, 11) is 0. The summed E-state index contributed by atoms with van der Waals surface area (Å²) < 4.78 is 52.5. The monoisotopic (exact) mass is 686 g/mol. The van der Waals surface area contributed by atoms with Crippen molar-refractivity contribution in [2.45, 2.75) is 30.8 Å². The van der Waals surface area contributed by atoms with E-state index in [0.29, 0.717) is 15.6 Å². The first-order valence-corrected chi connectivity index (χ1v) is 15.8. The van der Waals surface area contributed by atoms with Gasteiger partial charge >= 0.3 is 6.18 Å². The van der Waals surface area contributed by atoms with Gasteiger partial charge in [-0.25, -0.2) is 0 Å². The molecule has 2 N–H and O–H groups in total. The fraction of sp³-hybridized carbons (Fsp3) is 0.294. The normalized spacial score (nSPS) is 21.6. The van der Waals surface area contributed by atoms with Gasteiger partial charge in [0.2, 0.25) is 0 Å². The Kier molecular flexibility index (Phi) is 9.26. The Labute approximate surface area is 279 Å². The van der Waals surface area contributed by atoms with Crippen LogP contribution in [0.5, 0.6) is 5.75 Å². The summed E-state index contributed by atoms with van der Waals surface area (Å²) in [6.45, 7) is 2.60. The first-order chi connectivity index (χ1) is 22.5. The predicted octanol–water partition coefficient (Wildman–Crippen LogP) is 6.82. The highest BCUT2D eigenvalue weighted by molar-refractivity contribution is 6.30. The van der Waals surface area contributed by atoms with E-state index in [2.05, 4.69) is 10.6 Å². The van der Waals surface area contributed by atoms with Gasteiger partial charge in [0.15, 0.2) is 5.66 Å². The van der Waals surface area contributed by atoms with Gasteiger partial charge in [-0.1, -0.05) is 53.5 Å². The van der Waals surface area contributed by atoms with Crippen molar-refractivity contribution in [3.63, 3.8) is 0 Å². The molecule has 2 atom stereocenters. The average Bonchev–Trinajstić information content (AvgIpc) is 3.75. The molecule has 2 aliphatic heterocycles. The van der Waals surface area contributed by atoms with E-state index in [0.717, 1.165) is 23.3 Å². The van der Waals surface area contributed by atoms with Gasteiger partial charge in [0, 0.05) is 41.8 Å². The van der Waals surface area contributed by atoms with E-state index in [4.69, 9.17) is 32.4 Å². The Morgan fingerprint density at radius 2 is 1.43 bits per heavy atom. The minimum atomic E-state index is -4.63. The summed E-state index contributed by atoms with van der Waals surface area (Å²) in [5.41, 5.74) is -0.457. The molecule has 8 nitrogen and oxygen atoms in total. The molecule has 2 fully saturated rings. The van der Waals surface area contributed by atoms with Gasteiger partial charge in [-0.3, -0.25) is 20.2 Å². The molecular weight excluding hydrogens is 656 g/mol. The predicted molar refractivity (Wildman–Crippen MR) is 170 cm³/mol. The largest absolute Gasteiger partial charge is 0.493 e. The second-order valence-electron chi connectivity index (χ2n) is 11.3. The maximum atomic E-state index is 14.9. The lowest BCUT2D eigenvalue weighted by atomic mass is 9.94. The average molecular weight is 688 g/mol. The highest BCUT2D eigenvalue weighted by Crippen LogP contribution is 2.46. The molecule has 0 bridgehead atoms. The van der Waals surface area contributed by atoms with Crippen LogP contribution in [-0.4, -0.2) is 54.4 Å². The molecule has 13 heteroatoms. The van der Waals surface area contributed by atoms with Crippen molar-refractivity contribution in [2.75, 3.05) is 32.8 Å². The third-order valence-electron chi connectivity index (χ3n) is 8.49. The van der Waals surface area contributed by atoms with Gasteiger partial charge in [0.05, 0.1) is 36.1 Å². The van der Waals surface area contributed by atoms with Gasteiger partial charge in [-0.2, -0.15) is 13.2 Å². The van der Waals surface area contributed by atoms with Crippen LogP contribution < -0.4 is 15.4 Å². The number of amides is 2. The van der Waals surface area contributed by atoms with Crippen molar-refractivity contribution in [3.05, 3.63) is 123 Å². The molecule has 0 saturated carbocycles. The van der Waals surface area contributed by atoms with E-state index < -0.39 is 35.4 Å². The van der Waals surface area contributed by atoms with Crippen molar-refractivity contribution in [1.29, 1.82) is 0 Å². The summed E-state index contributed by atoms with van der Waals surface area (Å²) >= 11 is 12.4. The number of alkyl halides is 3. The van der Waals surface area contributed by atoms with Gasteiger partial charge in [-0.15, -0.1) is 0 Å². The molecule has 246 valence electrons. The number of ether oxygens (including phenoxy) is 1. The summed E-state index contributed by atoms with van der Waals surface area (Å²) in [6, 6.07) is 17.9. The third-order valence-corrected chi connectivity index (χ3v) is 9.00. The van der Waals surface area contributed by atoms with Crippen molar-refractivity contribution < 1.29 is 31.9 Å². The minimum absolute atomic E-state index is 0.0641. The van der Waals surface area contributed by atoms with Crippen LogP contribution in [0.25, 0.3) is 0 Å². The number of hydrogen-bond donors (Lipinski definition) is 2. The summed E-state index contributed by atoms with van der Waals surface area (Å²) in [5, 5.41) is 8.04. The maximum Gasteiger partial charge on any atom is 0.416 e. The Balaban J connectivity index is 1.44. The lowest BCUT2D eigenvalue weighted by Gasteiger charge is -2.40. The highest BCUT2D eigenvalue weighted by Gasteiger charge is 2.55. The molecule has 4 aromatic rings. The Hall–Kier alpha value is -4.03. The van der Waals surface area contributed by atoms with E-state index in [-0.39, 0.29) is 50.0 Å². The van der Waals surface area contributed by atoms with E-state index in [1.807, 2.05) is 24.3 Å². The SMILES string of the molecule is CCOc1cc(C(F)(F)F)ccc1C1(C(=O)N2CCN(C(=O)c3ccoc3)CC2)NC(c2ccc(Cl)cc2)C(c2ccc(Cl)cc2)N1. The van der Waals surface area contributed by atoms with Crippen LogP contribution in [0.15, 0.2) is 89.7 Å². The molecule has 3 heterocycles. The summed E-state index contributed by atoms with van der Waals surface area (Å²) in [4.78, 5) is 31.1. The van der Waals surface area contributed by atoms with E-state index in [1.54, 1.807) is 47.1 Å². The molecule has 2 unspecified atom stereocenters. The topological polar surface area (TPSA) is 87.0 Å². The number of furan rings is 1. The quantitative estimate of drug-likeness (QED) is 0.222. The van der Waals surface area contributed by atoms with E-state index >= 15 is 0 Å². The standard InChI is InChI=1S/C34H31Cl2F3N4O4/c1-2-47-28-19-24(34(37,38)39)7-12-27(28)33(32(45)43-16-14-42(15-17-43)31(44)23-13-18-46-20-23)40-29(21-3-8-25(35)9-4-21)30(41-33)22-5-10-26(36)11-6-22/h3-13,18-20,29-30,40-41H,2,14-17H2,1H3. The van der Waals surface area contributed by atoms with Crippen LogP contribution >= 0.6 is 23.2 Å². The highest BCUT2D eigenvalue weighted by atomic mass is 35.5. The molecule has 6 rings (SSSR count). The molecule has 2 aliphatic rings. The molecule has 0 aliphatic carbocycles. The molecular formula is C34H31Cl2F3N4O4. The number of hydrogen-bond acceptors (Lipinski definition) is 6. The Bertz CT molecular complexity index is 1670. The zero-order valence-electron chi connectivity index (χ0n) is 25.2. The number of piperazine rings is 1. The summed E-state index contributed by atoms with van der Waals surface area (Å²) in [5.74, 6) is -0.732. The molecule has 0 spiro atoms. The van der Waals surface area contributed by atoms with Crippen LogP contribution in [-0.2, 0) is 16.6 Å². The molecule has 47 heavy (non-hydrogen) atoms. The smallest absolute Gasteiger partial charge is 0.416 e. The molecule has 3 aromatic carbocycles. The number of nitrogens with zero attached hydrogens (tertiary/aromatic N) is 2. The molecule has 0 radical (unpaired) electrons. The minimum Gasteiger partial charge on any atom is -0.493 e. The lowest BCUT2D eigenvalue weighted by Crippen LogP contribution is -2.62. The zero-order chi connectivity index (χ0) is 33.3. The number of nitrogens with one attached hydrogen (secondary N) is 2. The Morgan fingerprint density at radius 1 is 0.872 bits per heavy atom. The van der Waals surface area contributed by atoms with Crippen molar-refractivity contribution in [2.24, 2.45) is 0 Å². The first-order valence-electron chi connectivity index (χ1n) is 15.0. The van der Waals surface area contributed by atoms with Crippen LogP contribution in [0, 0.1) is 0 Å². The number of rotatable bonds is 7. The molecule has 2 amide bonds. The van der Waals surface area contributed by atoms with Crippen LogP contribution in [0.4, 0.5) is 13.2 Å². The second kappa shape index (κ2) is 13.2. The fourth-order valence-corrected chi connectivity index (χ4v) is 6.41. The zero-order valence-corrected chi connectivity index (χ0v) is 26.7. The van der Waals surface area contributed by atoms with E-state index in [9.17, 15) is 22.8 Å². The number of carbonyl (C=O) groups excluding carboxylic acids is 2. The lowest BCUT2D eigenvalue weighted by molar-refractivity contribution is -0.141. The van der Waals surface area contributed by atoms with Crippen molar-refractivity contribution >= 4 is 35.0 Å². The number of halogens is 5. The van der Waals surface area contributed by atoms with Gasteiger partial charge in [-0.05, 0) is 60.5 Å². The third kappa shape index (κ3) is 6.58. The van der Waals surface area contributed by atoms with Crippen LogP contribution in [0.3, 0.4) is 0 Å². The van der Waals surface area contributed by atoms with Gasteiger partial charge in [0.25, 0.3) is 11.8 Å². The van der Waals surface area contributed by atoms with E-state index in [1.165, 1.54) is 18.6 Å². The van der Waals surface area contributed by atoms with Gasteiger partial charge < -0.3 is 19.0 Å². The molecule has 2 saturated heterocycles. The van der Waals surface area contributed by atoms with Crippen molar-refractivity contribution in [1.82, 2.24) is 20.4 Å². The van der Waals surface area contributed by atoms with Crippen LogP contribution in [0.2, 0.25) is 10.0 Å². The maximum absolute atomic E-state index is 14.9. The summed E-state index contributed by atoms with van der Waals surface area (Å²) in [6.07, 6.45) is -1.84. The first kappa shape index (κ1) is 32.9. The fourth-order valence-electron chi connectivity index (χ4n) is 6.16. The van der Waals surface area contributed by atoms with Crippen molar-refractivity contribution in [3.8, 4) is 5.75 Å². The van der Waals surface area contributed by atoms with Gasteiger partial charge in [0.1, 0.15) is 12.0 Å². The number of carbonyl (C=O) groups is 2. The Morgan fingerprint density at radius 3 is 1.91 bits per heavy atom. The second-order valence-corrected chi connectivity index (χ2v) is 12.2.